The van der Waals surface area contributed by atoms with Gasteiger partial charge < -0.3 is 0 Å². The van der Waals surface area contributed by atoms with Crippen LogP contribution in [0.2, 0.25) is 0 Å². The quantitative estimate of drug-likeness (QED) is 0.625. The fraction of sp³-hybridized carbons (Fsp3) is 0.143. The molecule has 0 radical (unpaired) electrons. The fourth-order valence-corrected chi connectivity index (χ4v) is 3.69. The summed E-state index contributed by atoms with van der Waals surface area (Å²) in [6.07, 6.45) is 0. The first-order chi connectivity index (χ1) is 10.4. The summed E-state index contributed by atoms with van der Waals surface area (Å²) in [7, 11) is -4.17. The van der Waals surface area contributed by atoms with Gasteiger partial charge in [-0.2, -0.15) is 0 Å². The van der Waals surface area contributed by atoms with E-state index in [-0.39, 0.29) is 12.2 Å². The van der Waals surface area contributed by atoms with Crippen molar-refractivity contribution in [1.82, 2.24) is 0 Å². The number of nitro benzene ring substituents is 1. The lowest BCUT2D eigenvalue weighted by molar-refractivity contribution is -0.387. The molecule has 0 aliphatic rings. The van der Waals surface area contributed by atoms with E-state index in [1.807, 2.05) is 0 Å². The van der Waals surface area contributed by atoms with Gasteiger partial charge >= 0.3 is 0 Å². The number of nitro groups is 1. The van der Waals surface area contributed by atoms with E-state index in [0.717, 1.165) is 22.5 Å². The Morgan fingerprint density at radius 2 is 1.86 bits per heavy atom. The SMILES string of the molecule is CCN(c1cccc(F)c1)S(=O)(=O)c1ccccc1[N+](=O)[O-]. The molecule has 2 rings (SSSR count). The first kappa shape index (κ1) is 15.9. The van der Waals surface area contributed by atoms with Crippen LogP contribution >= 0.6 is 0 Å². The molecule has 0 aliphatic carbocycles. The van der Waals surface area contributed by atoms with Crippen molar-refractivity contribution in [2.75, 3.05) is 10.8 Å². The lowest BCUT2D eigenvalue weighted by Gasteiger charge is -2.22. The van der Waals surface area contributed by atoms with E-state index in [9.17, 15) is 22.9 Å². The van der Waals surface area contributed by atoms with Crippen LogP contribution < -0.4 is 4.31 Å². The second kappa shape index (κ2) is 6.10. The van der Waals surface area contributed by atoms with Crippen molar-refractivity contribution < 1.29 is 17.7 Å². The predicted molar refractivity (Wildman–Crippen MR) is 79.7 cm³/mol. The van der Waals surface area contributed by atoms with Gasteiger partial charge in [0.25, 0.3) is 15.7 Å². The van der Waals surface area contributed by atoms with Crippen LogP contribution in [-0.2, 0) is 10.0 Å². The molecule has 0 bridgehead atoms. The lowest BCUT2D eigenvalue weighted by Crippen LogP contribution is -2.31. The van der Waals surface area contributed by atoms with E-state index in [1.165, 1.54) is 30.3 Å². The zero-order valence-corrected chi connectivity index (χ0v) is 12.5. The van der Waals surface area contributed by atoms with Gasteiger partial charge in [0.1, 0.15) is 5.82 Å². The second-order valence-electron chi connectivity index (χ2n) is 4.37. The largest absolute Gasteiger partial charge is 0.289 e. The highest BCUT2D eigenvalue weighted by Gasteiger charge is 2.30. The molecule has 8 heteroatoms. The summed E-state index contributed by atoms with van der Waals surface area (Å²) in [6, 6.07) is 10.1. The molecule has 0 amide bonds. The molecule has 0 saturated carbocycles. The monoisotopic (exact) mass is 324 g/mol. The van der Waals surface area contributed by atoms with Crippen LogP contribution in [0.5, 0.6) is 0 Å². The molecular formula is C14H13FN2O4S. The van der Waals surface area contributed by atoms with Gasteiger partial charge in [-0.25, -0.2) is 12.8 Å². The summed E-state index contributed by atoms with van der Waals surface area (Å²) < 4.78 is 39.7. The molecule has 0 aromatic heterocycles. The lowest BCUT2D eigenvalue weighted by atomic mass is 10.3. The van der Waals surface area contributed by atoms with Gasteiger partial charge in [-0.3, -0.25) is 14.4 Å². The topological polar surface area (TPSA) is 80.5 Å². The second-order valence-corrected chi connectivity index (χ2v) is 6.21. The van der Waals surface area contributed by atoms with Gasteiger partial charge in [-0.15, -0.1) is 0 Å². The molecule has 0 heterocycles. The Hall–Kier alpha value is -2.48. The summed E-state index contributed by atoms with van der Waals surface area (Å²) >= 11 is 0. The van der Waals surface area contributed by atoms with Gasteiger partial charge in [-0.1, -0.05) is 18.2 Å². The zero-order chi connectivity index (χ0) is 16.3. The summed E-state index contributed by atoms with van der Waals surface area (Å²) in [4.78, 5) is 9.85. The van der Waals surface area contributed by atoms with Crippen molar-refractivity contribution in [3.8, 4) is 0 Å². The maximum atomic E-state index is 13.3. The average molecular weight is 324 g/mol. The van der Waals surface area contributed by atoms with Crippen LogP contribution in [-0.4, -0.2) is 19.9 Å². The Kier molecular flexibility index (Phi) is 4.41. The van der Waals surface area contributed by atoms with Gasteiger partial charge in [-0.05, 0) is 31.2 Å². The van der Waals surface area contributed by atoms with E-state index >= 15 is 0 Å². The maximum absolute atomic E-state index is 13.3. The highest BCUT2D eigenvalue weighted by atomic mass is 32.2. The highest BCUT2D eigenvalue weighted by molar-refractivity contribution is 7.93. The minimum absolute atomic E-state index is 0.0117. The summed E-state index contributed by atoms with van der Waals surface area (Å²) in [5, 5.41) is 11.0. The van der Waals surface area contributed by atoms with Crippen molar-refractivity contribution in [3.63, 3.8) is 0 Å². The Morgan fingerprint density at radius 1 is 1.18 bits per heavy atom. The van der Waals surface area contributed by atoms with E-state index < -0.39 is 31.3 Å². The minimum atomic E-state index is -4.17. The van der Waals surface area contributed by atoms with E-state index in [2.05, 4.69) is 0 Å². The smallest absolute Gasteiger partial charge is 0.266 e. The van der Waals surface area contributed by atoms with Gasteiger partial charge in [0.15, 0.2) is 4.90 Å². The zero-order valence-electron chi connectivity index (χ0n) is 11.6. The van der Waals surface area contributed by atoms with E-state index in [1.54, 1.807) is 6.92 Å². The number of hydrogen-bond acceptors (Lipinski definition) is 4. The fourth-order valence-electron chi connectivity index (χ4n) is 2.07. The van der Waals surface area contributed by atoms with Gasteiger partial charge in [0.05, 0.1) is 10.6 Å². The number of nitrogens with zero attached hydrogens (tertiary/aromatic N) is 2. The van der Waals surface area contributed by atoms with Crippen molar-refractivity contribution in [2.24, 2.45) is 0 Å². The maximum Gasteiger partial charge on any atom is 0.289 e. The molecule has 0 unspecified atom stereocenters. The third-order valence-corrected chi connectivity index (χ3v) is 4.96. The first-order valence-electron chi connectivity index (χ1n) is 6.39. The number of para-hydroxylation sites is 1. The minimum Gasteiger partial charge on any atom is -0.266 e. The Morgan fingerprint density at radius 3 is 2.45 bits per heavy atom. The number of benzene rings is 2. The molecule has 2 aromatic rings. The predicted octanol–water partition coefficient (Wildman–Crippen LogP) is 2.95. The summed E-state index contributed by atoms with van der Waals surface area (Å²) in [5.74, 6) is -0.589. The molecule has 0 N–H and O–H groups in total. The van der Waals surface area contributed by atoms with Crippen molar-refractivity contribution >= 4 is 21.4 Å². The normalized spacial score (nSPS) is 11.2. The standard InChI is InChI=1S/C14H13FN2O4S/c1-2-16(12-7-5-6-11(15)10-12)22(20,21)14-9-4-3-8-13(14)17(18)19/h3-10H,2H2,1H3. The molecule has 6 nitrogen and oxygen atoms in total. The molecule has 0 saturated heterocycles. The molecule has 22 heavy (non-hydrogen) atoms. The third-order valence-electron chi connectivity index (χ3n) is 3.01. The number of anilines is 1. The van der Waals surface area contributed by atoms with E-state index in [4.69, 9.17) is 0 Å². The van der Waals surface area contributed by atoms with Crippen LogP contribution in [0.4, 0.5) is 15.8 Å². The van der Waals surface area contributed by atoms with Gasteiger partial charge in [0, 0.05) is 12.6 Å². The van der Waals surface area contributed by atoms with E-state index in [0.29, 0.717) is 0 Å². The summed E-state index contributed by atoms with van der Waals surface area (Å²) in [6.45, 7) is 1.58. The first-order valence-corrected chi connectivity index (χ1v) is 7.83. The number of halogens is 1. The van der Waals surface area contributed by atoms with Crippen LogP contribution in [0.1, 0.15) is 6.92 Å². The number of hydrogen-bond donors (Lipinski definition) is 0. The van der Waals surface area contributed by atoms with Gasteiger partial charge in [0.2, 0.25) is 0 Å². The third kappa shape index (κ3) is 2.91. The molecule has 0 aliphatic heterocycles. The highest BCUT2D eigenvalue weighted by Crippen LogP contribution is 2.29. The molecule has 116 valence electrons. The van der Waals surface area contributed by atoms with Crippen molar-refractivity contribution in [2.45, 2.75) is 11.8 Å². The molecule has 0 atom stereocenters. The Bertz CT molecular complexity index is 808. The molecule has 2 aromatic carbocycles. The number of rotatable bonds is 5. The Balaban J connectivity index is 2.60. The van der Waals surface area contributed by atoms with Crippen molar-refractivity contribution in [1.29, 1.82) is 0 Å². The molecular weight excluding hydrogens is 311 g/mol. The van der Waals surface area contributed by atoms with Crippen LogP contribution in [0, 0.1) is 15.9 Å². The van der Waals surface area contributed by atoms with Crippen LogP contribution in [0.25, 0.3) is 0 Å². The number of sulfonamides is 1. The molecule has 0 spiro atoms. The van der Waals surface area contributed by atoms with Crippen LogP contribution in [0.3, 0.4) is 0 Å². The van der Waals surface area contributed by atoms with Crippen molar-refractivity contribution in [3.05, 3.63) is 64.5 Å². The summed E-state index contributed by atoms with van der Waals surface area (Å²) in [5.41, 5.74) is -0.405. The molecule has 0 fully saturated rings. The van der Waals surface area contributed by atoms with Crippen LogP contribution in [0.15, 0.2) is 53.4 Å². The Labute approximate surface area is 127 Å². The average Bonchev–Trinajstić information content (AvgIpc) is 2.47.